The largest absolute Gasteiger partial charge is 0.457 e. The maximum atomic E-state index is 13.1. The molecule has 0 saturated heterocycles. The number of para-hydroxylation sites is 1. The monoisotopic (exact) mass is 688 g/mol. The Morgan fingerprint density at radius 2 is 1.55 bits per heavy atom. The maximum absolute atomic E-state index is 13.1. The average Bonchev–Trinajstić information content (AvgIpc) is 3.48. The highest BCUT2D eigenvalue weighted by molar-refractivity contribution is 6.06. The number of fused-ring (bicyclic) bond motifs is 1. The second-order valence-electron chi connectivity index (χ2n) is 13.1. The number of nitrogens with two attached hydrogens (primary N) is 2. The van der Waals surface area contributed by atoms with Crippen LogP contribution in [0.1, 0.15) is 84.2 Å². The predicted molar refractivity (Wildman–Crippen MR) is 215 cm³/mol. The van der Waals surface area contributed by atoms with Gasteiger partial charge in [-0.1, -0.05) is 97.5 Å². The summed E-state index contributed by atoms with van der Waals surface area (Å²) >= 11 is 0. The molecule has 8 nitrogen and oxygen atoms in total. The number of imidazole rings is 1. The molecule has 0 aliphatic heterocycles. The number of anilines is 1. The summed E-state index contributed by atoms with van der Waals surface area (Å²) in [6.45, 7) is 22.0. The van der Waals surface area contributed by atoms with Gasteiger partial charge in [-0.05, 0) is 90.9 Å². The molecule has 0 radical (unpaired) electrons. The number of benzene rings is 4. The van der Waals surface area contributed by atoms with Crippen LogP contribution in [0.4, 0.5) is 5.69 Å². The summed E-state index contributed by atoms with van der Waals surface area (Å²) in [5, 5.41) is 6.13. The predicted octanol–water partition coefficient (Wildman–Crippen LogP) is 10.1. The summed E-state index contributed by atoms with van der Waals surface area (Å²) in [5.41, 5.74) is 18.4. The van der Waals surface area contributed by atoms with Crippen LogP contribution in [0.3, 0.4) is 0 Å². The molecule has 0 atom stereocenters. The Balaban J connectivity index is 0.000000507. The Morgan fingerprint density at radius 3 is 2.16 bits per heavy atom. The molecular formula is C43H56N6O2. The number of nitrogens with one attached hydrogen (secondary N) is 2. The van der Waals surface area contributed by atoms with Crippen molar-refractivity contribution in [2.75, 3.05) is 11.9 Å². The Hall–Kier alpha value is -5.50. The van der Waals surface area contributed by atoms with Gasteiger partial charge in [0.2, 0.25) is 0 Å². The van der Waals surface area contributed by atoms with Crippen LogP contribution in [-0.2, 0) is 12.0 Å². The van der Waals surface area contributed by atoms with Gasteiger partial charge in [0.1, 0.15) is 17.3 Å². The van der Waals surface area contributed by atoms with Crippen molar-refractivity contribution in [1.82, 2.24) is 14.9 Å². The van der Waals surface area contributed by atoms with Gasteiger partial charge in [0.25, 0.3) is 5.91 Å². The molecule has 0 aliphatic rings. The van der Waals surface area contributed by atoms with E-state index in [1.807, 2.05) is 103 Å². The lowest BCUT2D eigenvalue weighted by atomic mass is 9.87. The third-order valence-electron chi connectivity index (χ3n) is 8.01. The third kappa shape index (κ3) is 11.5. The molecule has 0 spiro atoms. The van der Waals surface area contributed by atoms with Gasteiger partial charge in [0, 0.05) is 29.1 Å². The number of nitrogens with zero attached hydrogens (tertiary/aromatic N) is 2. The van der Waals surface area contributed by atoms with Crippen molar-refractivity contribution < 1.29 is 9.53 Å². The van der Waals surface area contributed by atoms with Crippen LogP contribution in [0.5, 0.6) is 11.5 Å². The maximum Gasteiger partial charge on any atom is 0.255 e. The molecule has 0 saturated carbocycles. The number of rotatable bonds is 11. The van der Waals surface area contributed by atoms with Gasteiger partial charge in [0.05, 0.1) is 23.4 Å². The second kappa shape index (κ2) is 19.0. The molecule has 0 aliphatic carbocycles. The molecule has 5 aromatic rings. The zero-order valence-corrected chi connectivity index (χ0v) is 31.6. The molecule has 8 heteroatoms. The molecule has 0 fully saturated rings. The quantitative estimate of drug-likeness (QED) is 0.110. The molecule has 51 heavy (non-hydrogen) atoms. The van der Waals surface area contributed by atoms with Crippen molar-refractivity contribution in [2.24, 2.45) is 11.5 Å². The molecule has 4 aromatic carbocycles. The van der Waals surface area contributed by atoms with Crippen molar-refractivity contribution in [3.63, 3.8) is 0 Å². The van der Waals surface area contributed by atoms with Crippen LogP contribution in [-0.4, -0.2) is 22.0 Å². The van der Waals surface area contributed by atoms with E-state index >= 15 is 0 Å². The van der Waals surface area contributed by atoms with E-state index in [2.05, 4.69) is 58.8 Å². The number of ether oxygens (including phenoxy) is 1. The molecule has 1 aromatic heterocycles. The lowest BCUT2D eigenvalue weighted by Gasteiger charge is -2.19. The van der Waals surface area contributed by atoms with Gasteiger partial charge < -0.3 is 31.4 Å². The zero-order valence-electron chi connectivity index (χ0n) is 31.6. The molecule has 6 N–H and O–H groups in total. The van der Waals surface area contributed by atoms with E-state index in [4.69, 9.17) is 21.2 Å². The van der Waals surface area contributed by atoms with Gasteiger partial charge in [-0.3, -0.25) is 4.79 Å². The average molecular weight is 689 g/mol. The Labute approximate surface area is 304 Å². The van der Waals surface area contributed by atoms with E-state index in [1.54, 1.807) is 12.1 Å². The van der Waals surface area contributed by atoms with Crippen molar-refractivity contribution >= 4 is 22.6 Å². The molecule has 0 unspecified atom stereocenters. The molecule has 1 amide bonds. The first kappa shape index (κ1) is 39.9. The second-order valence-corrected chi connectivity index (χ2v) is 13.1. The number of hydrogen-bond acceptors (Lipinski definition) is 6. The van der Waals surface area contributed by atoms with Gasteiger partial charge in [-0.2, -0.15) is 0 Å². The number of carbonyl (C=O) groups excluding carboxylic acids is 1. The summed E-state index contributed by atoms with van der Waals surface area (Å²) in [5.74, 6) is 2.82. The van der Waals surface area contributed by atoms with Crippen LogP contribution in [0.2, 0.25) is 0 Å². The van der Waals surface area contributed by atoms with Gasteiger partial charge in [-0.25, -0.2) is 4.98 Å². The van der Waals surface area contributed by atoms with Crippen molar-refractivity contribution in [2.45, 2.75) is 80.2 Å². The summed E-state index contributed by atoms with van der Waals surface area (Å²) < 4.78 is 8.04. The van der Waals surface area contributed by atoms with E-state index in [9.17, 15) is 4.79 Å². The fourth-order valence-corrected chi connectivity index (χ4v) is 5.04. The number of carbonyl (C=O) groups is 1. The first-order valence-corrected chi connectivity index (χ1v) is 17.8. The number of hydrogen-bond donors (Lipinski definition) is 4. The molecule has 5 rings (SSSR count). The SMILES string of the molecule is C=C(N)Cn1c(-c2cccc(Oc3ccccc3)c2)nc2cc(C(=O)Nc3ccc(C(C)(C)C)cc3)ccc21.CC.CCCN/C(N)=C(\C)CC. The minimum absolute atomic E-state index is 0.0477. The standard InChI is InChI=1S/C33H32N4O2.C8H18N2.C2H6/c1-22(34)21-37-30-18-13-24(32(38)35-26-16-14-25(15-17-26)33(2,3)4)20-29(30)36-31(37)23-9-8-12-28(19-23)39-27-10-6-5-7-11-27;1-4-6-10-8(9)7(3)5-2;1-2/h5-20H,1,21,34H2,2-4H3,(H,35,38);10H,4-6,9H2,1-3H3;1-2H3/b;8-7+;. The third-order valence-corrected chi connectivity index (χ3v) is 8.01. The Kier molecular flexibility index (Phi) is 14.9. The number of amides is 1. The summed E-state index contributed by atoms with van der Waals surface area (Å²) in [7, 11) is 0. The molecule has 1 heterocycles. The van der Waals surface area contributed by atoms with Crippen molar-refractivity contribution in [3.05, 3.63) is 132 Å². The van der Waals surface area contributed by atoms with Crippen LogP contribution >= 0.6 is 0 Å². The zero-order chi connectivity index (χ0) is 37.6. The van der Waals surface area contributed by atoms with Crippen molar-refractivity contribution in [3.8, 4) is 22.9 Å². The van der Waals surface area contributed by atoms with Crippen LogP contribution in [0, 0.1) is 0 Å². The lowest BCUT2D eigenvalue weighted by Crippen LogP contribution is -2.22. The van der Waals surface area contributed by atoms with E-state index in [-0.39, 0.29) is 11.3 Å². The topological polar surface area (TPSA) is 120 Å². The van der Waals surface area contributed by atoms with Crippen LogP contribution in [0.25, 0.3) is 22.4 Å². The van der Waals surface area contributed by atoms with Crippen molar-refractivity contribution in [1.29, 1.82) is 0 Å². The van der Waals surface area contributed by atoms with Gasteiger partial charge in [-0.15, -0.1) is 0 Å². The highest BCUT2D eigenvalue weighted by Gasteiger charge is 2.17. The smallest absolute Gasteiger partial charge is 0.255 e. The van der Waals surface area contributed by atoms with Crippen LogP contribution in [0.15, 0.2) is 121 Å². The van der Waals surface area contributed by atoms with E-state index < -0.39 is 0 Å². The highest BCUT2D eigenvalue weighted by Crippen LogP contribution is 2.31. The summed E-state index contributed by atoms with van der Waals surface area (Å²) in [6.07, 6.45) is 2.15. The first-order chi connectivity index (χ1) is 24.4. The fraction of sp³-hybridized carbons (Fsp3) is 0.302. The normalized spacial score (nSPS) is 11.3. The highest BCUT2D eigenvalue weighted by atomic mass is 16.5. The molecule has 270 valence electrons. The lowest BCUT2D eigenvalue weighted by molar-refractivity contribution is 0.102. The number of aromatic nitrogens is 2. The Morgan fingerprint density at radius 1 is 0.882 bits per heavy atom. The van der Waals surface area contributed by atoms with Gasteiger partial charge in [0.15, 0.2) is 0 Å². The Bertz CT molecular complexity index is 1900. The van der Waals surface area contributed by atoms with E-state index in [1.165, 1.54) is 11.1 Å². The van der Waals surface area contributed by atoms with Crippen LogP contribution < -0.4 is 26.8 Å². The summed E-state index contributed by atoms with van der Waals surface area (Å²) in [4.78, 5) is 18.0. The van der Waals surface area contributed by atoms with E-state index in [0.29, 0.717) is 34.9 Å². The molecular weight excluding hydrogens is 633 g/mol. The molecule has 0 bridgehead atoms. The first-order valence-electron chi connectivity index (χ1n) is 17.8. The summed E-state index contributed by atoms with van der Waals surface area (Å²) in [6, 6.07) is 30.8. The minimum Gasteiger partial charge on any atom is -0.457 e. The minimum atomic E-state index is -0.196. The van der Waals surface area contributed by atoms with E-state index in [0.717, 1.165) is 47.7 Å². The fourth-order valence-electron chi connectivity index (χ4n) is 5.04. The van der Waals surface area contributed by atoms with Gasteiger partial charge >= 0.3 is 0 Å². The number of allylic oxidation sites excluding steroid dienone is 2.